The molecule has 0 N–H and O–H groups in total. The number of nitrogens with zero attached hydrogens (tertiary/aromatic N) is 3. The van der Waals surface area contributed by atoms with Crippen molar-refractivity contribution in [2.75, 3.05) is 19.8 Å². The Hall–Kier alpha value is -1.21. The van der Waals surface area contributed by atoms with Gasteiger partial charge < -0.3 is 9.47 Å². The number of ether oxygens (including phenoxy) is 2. The van der Waals surface area contributed by atoms with Gasteiger partial charge in [-0.15, -0.1) is 0 Å². The van der Waals surface area contributed by atoms with Crippen LogP contribution in [0.25, 0.3) is 0 Å². The fourth-order valence-electron chi connectivity index (χ4n) is 1.97. The largest absolute Gasteiger partial charge is 0.378 e. The molecule has 106 valence electrons. The average molecular weight is 273 g/mol. The number of hydrogen-bond acceptors (Lipinski definition) is 5. The Kier molecular flexibility index (Phi) is 4.05. The zero-order valence-corrected chi connectivity index (χ0v) is 11.2. The second kappa shape index (κ2) is 5.42. The molecule has 1 aliphatic rings. The van der Waals surface area contributed by atoms with Crippen molar-refractivity contribution in [3.63, 3.8) is 0 Å². The molecule has 2 heterocycles. The summed E-state index contributed by atoms with van der Waals surface area (Å²) in [5.74, 6) is -0.0112. The van der Waals surface area contributed by atoms with Crippen LogP contribution in [0.4, 0.5) is 8.78 Å². The van der Waals surface area contributed by atoms with Gasteiger partial charge in [0.25, 0.3) is 0 Å². The fourth-order valence-corrected chi connectivity index (χ4v) is 1.97. The van der Waals surface area contributed by atoms with Crippen molar-refractivity contribution < 1.29 is 18.3 Å². The van der Waals surface area contributed by atoms with Crippen molar-refractivity contribution in [3.05, 3.63) is 18.0 Å². The van der Waals surface area contributed by atoms with Gasteiger partial charge in [-0.1, -0.05) is 13.8 Å². The molecular formula is C12H17F2N3O2. The Morgan fingerprint density at radius 2 is 1.68 bits per heavy atom. The molecule has 0 radical (unpaired) electrons. The van der Waals surface area contributed by atoms with E-state index in [0.29, 0.717) is 19.8 Å². The molecule has 1 saturated heterocycles. The maximum absolute atomic E-state index is 13.1. The highest BCUT2D eigenvalue weighted by atomic mass is 19.1. The number of halogens is 2. The van der Waals surface area contributed by atoms with E-state index in [9.17, 15) is 8.78 Å². The van der Waals surface area contributed by atoms with Crippen LogP contribution in [0.2, 0.25) is 0 Å². The molecule has 1 fully saturated rings. The highest BCUT2D eigenvalue weighted by Crippen LogP contribution is 2.31. The van der Waals surface area contributed by atoms with Crippen LogP contribution in [0.5, 0.6) is 0 Å². The lowest BCUT2D eigenvalue weighted by Crippen LogP contribution is -2.37. The first-order valence-electron chi connectivity index (χ1n) is 6.16. The molecular weight excluding hydrogens is 256 g/mol. The predicted molar refractivity (Wildman–Crippen MR) is 62.5 cm³/mol. The van der Waals surface area contributed by atoms with Crippen LogP contribution >= 0.6 is 0 Å². The van der Waals surface area contributed by atoms with Crippen molar-refractivity contribution in [2.24, 2.45) is 5.92 Å². The van der Waals surface area contributed by atoms with Crippen LogP contribution in [0.1, 0.15) is 26.6 Å². The van der Waals surface area contributed by atoms with Gasteiger partial charge in [-0.2, -0.15) is 23.7 Å². The van der Waals surface area contributed by atoms with E-state index >= 15 is 0 Å². The maximum atomic E-state index is 13.1. The number of rotatable bonds is 2. The topological polar surface area (TPSA) is 57.1 Å². The first-order chi connectivity index (χ1) is 8.89. The second-order valence-corrected chi connectivity index (χ2v) is 5.30. The Morgan fingerprint density at radius 1 is 1.05 bits per heavy atom. The molecule has 0 aromatic carbocycles. The summed E-state index contributed by atoms with van der Waals surface area (Å²) in [4.78, 5) is 10.1. The molecule has 2 atom stereocenters. The minimum Gasteiger partial charge on any atom is -0.378 e. The molecule has 0 amide bonds. The molecule has 19 heavy (non-hydrogen) atoms. The van der Waals surface area contributed by atoms with Crippen molar-refractivity contribution in [1.82, 2.24) is 15.0 Å². The first-order valence-corrected chi connectivity index (χ1v) is 6.16. The van der Waals surface area contributed by atoms with E-state index in [4.69, 9.17) is 9.47 Å². The SMILES string of the molecule is CC1COCC(C(C)(C)c2nc(F)nc(F)n2)CO1. The molecule has 0 spiro atoms. The average Bonchev–Trinajstić information content (AvgIpc) is 2.53. The zero-order chi connectivity index (χ0) is 14.0. The van der Waals surface area contributed by atoms with Crippen molar-refractivity contribution in [2.45, 2.75) is 32.3 Å². The maximum Gasteiger partial charge on any atom is 0.314 e. The Bertz CT molecular complexity index is 436. The van der Waals surface area contributed by atoms with Gasteiger partial charge in [-0.05, 0) is 6.92 Å². The van der Waals surface area contributed by atoms with Gasteiger partial charge in [0.2, 0.25) is 0 Å². The summed E-state index contributed by atoms with van der Waals surface area (Å²) in [6.45, 7) is 6.92. The van der Waals surface area contributed by atoms with Crippen LogP contribution in [0.3, 0.4) is 0 Å². The summed E-state index contributed by atoms with van der Waals surface area (Å²) < 4.78 is 37.3. The van der Waals surface area contributed by atoms with Gasteiger partial charge in [-0.3, -0.25) is 0 Å². The molecule has 0 bridgehead atoms. The first kappa shape index (κ1) is 14.2. The van der Waals surface area contributed by atoms with Gasteiger partial charge >= 0.3 is 12.2 Å². The van der Waals surface area contributed by atoms with Gasteiger partial charge in [0.15, 0.2) is 0 Å². The lowest BCUT2D eigenvalue weighted by Gasteiger charge is -2.31. The monoisotopic (exact) mass is 273 g/mol. The highest BCUT2D eigenvalue weighted by molar-refractivity contribution is 5.06. The molecule has 0 saturated carbocycles. The molecule has 7 heteroatoms. The van der Waals surface area contributed by atoms with E-state index in [2.05, 4.69) is 15.0 Å². The lowest BCUT2D eigenvalue weighted by molar-refractivity contribution is 0.0334. The van der Waals surface area contributed by atoms with Crippen LogP contribution in [0, 0.1) is 18.1 Å². The van der Waals surface area contributed by atoms with E-state index in [1.165, 1.54) is 0 Å². The highest BCUT2D eigenvalue weighted by Gasteiger charge is 2.37. The minimum atomic E-state index is -1.11. The summed E-state index contributed by atoms with van der Waals surface area (Å²) in [5.41, 5.74) is -0.672. The van der Waals surface area contributed by atoms with Crippen LogP contribution in [0.15, 0.2) is 0 Å². The van der Waals surface area contributed by atoms with Crippen LogP contribution in [-0.2, 0) is 14.9 Å². The van der Waals surface area contributed by atoms with Crippen molar-refractivity contribution in [1.29, 1.82) is 0 Å². The standard InChI is InChI=1S/C12H17F2N3O2/c1-7-4-18-5-8(6-19-7)12(2,3)9-15-10(13)17-11(14)16-9/h7-8H,4-6H2,1-3H3. The minimum absolute atomic E-state index is 0.00707. The summed E-state index contributed by atoms with van der Waals surface area (Å²) in [6, 6.07) is 0. The summed E-state index contributed by atoms with van der Waals surface area (Å²) in [6.07, 6.45) is -2.22. The Morgan fingerprint density at radius 3 is 2.32 bits per heavy atom. The molecule has 1 aromatic rings. The summed E-state index contributed by atoms with van der Waals surface area (Å²) in [5, 5.41) is 0. The van der Waals surface area contributed by atoms with E-state index in [-0.39, 0.29) is 17.8 Å². The van der Waals surface area contributed by atoms with Gasteiger partial charge in [0.1, 0.15) is 5.82 Å². The van der Waals surface area contributed by atoms with E-state index in [1.807, 2.05) is 20.8 Å². The molecule has 2 unspecified atom stereocenters. The van der Waals surface area contributed by atoms with Crippen molar-refractivity contribution >= 4 is 0 Å². The third kappa shape index (κ3) is 3.22. The third-order valence-electron chi connectivity index (χ3n) is 3.43. The molecule has 1 aromatic heterocycles. The van der Waals surface area contributed by atoms with Crippen molar-refractivity contribution in [3.8, 4) is 0 Å². The van der Waals surface area contributed by atoms with Gasteiger partial charge in [-0.25, -0.2) is 0 Å². The Labute approximate surface area is 110 Å². The summed E-state index contributed by atoms with van der Waals surface area (Å²) in [7, 11) is 0. The Balaban J connectivity index is 2.24. The molecule has 1 aliphatic heterocycles. The van der Waals surface area contributed by atoms with Gasteiger partial charge in [0, 0.05) is 11.3 Å². The normalized spacial score (nSPS) is 25.1. The molecule has 0 aliphatic carbocycles. The number of aromatic nitrogens is 3. The lowest BCUT2D eigenvalue weighted by atomic mass is 9.79. The smallest absolute Gasteiger partial charge is 0.314 e. The number of hydrogen-bond donors (Lipinski definition) is 0. The van der Waals surface area contributed by atoms with E-state index in [0.717, 1.165) is 0 Å². The molecule has 2 rings (SSSR count). The van der Waals surface area contributed by atoms with Crippen LogP contribution in [-0.4, -0.2) is 40.9 Å². The quantitative estimate of drug-likeness (QED) is 0.817. The van der Waals surface area contributed by atoms with E-state index < -0.39 is 17.6 Å². The fraction of sp³-hybridized carbons (Fsp3) is 0.750. The van der Waals surface area contributed by atoms with Gasteiger partial charge in [0.05, 0.1) is 25.9 Å². The third-order valence-corrected chi connectivity index (χ3v) is 3.43. The van der Waals surface area contributed by atoms with E-state index in [1.54, 1.807) is 0 Å². The van der Waals surface area contributed by atoms with Crippen LogP contribution < -0.4 is 0 Å². The predicted octanol–water partition coefficient (Wildman–Crippen LogP) is 1.48. The summed E-state index contributed by atoms with van der Waals surface area (Å²) >= 11 is 0. The molecule has 5 nitrogen and oxygen atoms in total. The second-order valence-electron chi connectivity index (χ2n) is 5.30. The zero-order valence-electron chi connectivity index (χ0n) is 11.2.